The van der Waals surface area contributed by atoms with Gasteiger partial charge in [0.2, 0.25) is 0 Å². The molecule has 1 aliphatic carbocycles. The number of ether oxygens (including phenoxy) is 1. The van der Waals surface area contributed by atoms with Crippen molar-refractivity contribution in [3.05, 3.63) is 95.6 Å². The summed E-state index contributed by atoms with van der Waals surface area (Å²) in [5.41, 5.74) is 4.33. The van der Waals surface area contributed by atoms with Crippen LogP contribution < -0.4 is 10.1 Å². The maximum atomic E-state index is 11.1. The summed E-state index contributed by atoms with van der Waals surface area (Å²) in [5.74, 6) is 2.08. The average molecular weight is 401 g/mol. The number of rotatable bonds is 9. The van der Waals surface area contributed by atoms with E-state index in [-0.39, 0.29) is 6.61 Å². The first-order chi connectivity index (χ1) is 14.8. The zero-order chi connectivity index (χ0) is 20.6. The summed E-state index contributed by atoms with van der Waals surface area (Å²) in [7, 11) is 0. The van der Waals surface area contributed by atoms with Crippen LogP contribution in [-0.2, 0) is 18.3 Å². The van der Waals surface area contributed by atoms with Gasteiger partial charge in [0, 0.05) is 18.2 Å². The SMILES string of the molecule is [O]Cc1cccc(NCc2cccc(OCC(c3ccccc3)C3CCCC3)c2)c1. The Balaban J connectivity index is 1.39. The third kappa shape index (κ3) is 5.43. The Labute approximate surface area is 179 Å². The third-order valence-electron chi connectivity index (χ3n) is 6.11. The molecular weight excluding hydrogens is 370 g/mol. The van der Waals surface area contributed by atoms with Gasteiger partial charge < -0.3 is 10.1 Å². The summed E-state index contributed by atoms with van der Waals surface area (Å²) in [6.45, 7) is 1.23. The molecule has 0 amide bonds. The Morgan fingerprint density at radius 1 is 0.867 bits per heavy atom. The minimum Gasteiger partial charge on any atom is -0.493 e. The lowest BCUT2D eigenvalue weighted by atomic mass is 9.85. The lowest BCUT2D eigenvalue weighted by Crippen LogP contribution is -2.18. The molecule has 1 N–H and O–H groups in total. The van der Waals surface area contributed by atoms with Crippen LogP contribution in [0.5, 0.6) is 5.75 Å². The van der Waals surface area contributed by atoms with Crippen molar-refractivity contribution in [3.63, 3.8) is 0 Å². The molecule has 1 fully saturated rings. The van der Waals surface area contributed by atoms with Crippen LogP contribution in [0.15, 0.2) is 78.9 Å². The second kappa shape index (κ2) is 10.3. The Morgan fingerprint density at radius 2 is 1.63 bits per heavy atom. The Bertz CT molecular complexity index is 919. The highest BCUT2D eigenvalue weighted by Crippen LogP contribution is 2.37. The monoisotopic (exact) mass is 400 g/mol. The van der Waals surface area contributed by atoms with E-state index in [0.29, 0.717) is 18.4 Å². The van der Waals surface area contributed by atoms with Gasteiger partial charge in [0.15, 0.2) is 0 Å². The van der Waals surface area contributed by atoms with Crippen LogP contribution in [0.25, 0.3) is 0 Å². The first-order valence-electron chi connectivity index (χ1n) is 11.0. The predicted molar refractivity (Wildman–Crippen MR) is 121 cm³/mol. The molecule has 3 heteroatoms. The maximum absolute atomic E-state index is 11.1. The Morgan fingerprint density at radius 3 is 2.43 bits per heavy atom. The highest BCUT2D eigenvalue weighted by molar-refractivity contribution is 5.46. The lowest BCUT2D eigenvalue weighted by Gasteiger charge is -2.24. The molecule has 3 aromatic rings. The second-order valence-electron chi connectivity index (χ2n) is 8.22. The van der Waals surface area contributed by atoms with Crippen molar-refractivity contribution in [3.8, 4) is 5.75 Å². The Hall–Kier alpha value is -2.78. The minimum absolute atomic E-state index is 0.192. The van der Waals surface area contributed by atoms with Crippen LogP contribution in [0.2, 0.25) is 0 Å². The molecule has 0 bridgehead atoms. The largest absolute Gasteiger partial charge is 0.493 e. The van der Waals surface area contributed by atoms with Crippen LogP contribution in [0.1, 0.15) is 48.3 Å². The molecule has 1 saturated carbocycles. The van der Waals surface area contributed by atoms with E-state index < -0.39 is 0 Å². The zero-order valence-electron chi connectivity index (χ0n) is 17.4. The summed E-state index contributed by atoms with van der Waals surface area (Å²) >= 11 is 0. The minimum atomic E-state index is -0.192. The number of hydrogen-bond donors (Lipinski definition) is 1. The van der Waals surface area contributed by atoms with E-state index in [2.05, 4.69) is 47.8 Å². The van der Waals surface area contributed by atoms with E-state index in [9.17, 15) is 5.11 Å². The fraction of sp³-hybridized carbons (Fsp3) is 0.333. The van der Waals surface area contributed by atoms with Crippen molar-refractivity contribution in [2.75, 3.05) is 11.9 Å². The fourth-order valence-electron chi connectivity index (χ4n) is 4.47. The maximum Gasteiger partial charge on any atom is 0.119 e. The fourth-order valence-corrected chi connectivity index (χ4v) is 4.47. The molecule has 1 atom stereocenters. The number of anilines is 1. The van der Waals surface area contributed by atoms with E-state index >= 15 is 0 Å². The molecular formula is C27H30NO2. The van der Waals surface area contributed by atoms with Gasteiger partial charge >= 0.3 is 0 Å². The predicted octanol–water partition coefficient (Wildman–Crippen LogP) is 6.58. The molecule has 0 aromatic heterocycles. The summed E-state index contributed by atoms with van der Waals surface area (Å²) in [5, 5.41) is 14.5. The van der Waals surface area contributed by atoms with Gasteiger partial charge in [-0.05, 0) is 59.7 Å². The molecule has 1 aliphatic rings. The molecule has 1 radical (unpaired) electrons. The Kier molecular flexibility index (Phi) is 7.04. The van der Waals surface area contributed by atoms with Crippen LogP contribution in [-0.4, -0.2) is 6.61 Å². The summed E-state index contributed by atoms with van der Waals surface area (Å²) in [4.78, 5) is 0. The molecule has 0 heterocycles. The van der Waals surface area contributed by atoms with E-state index in [0.717, 1.165) is 29.2 Å². The molecule has 0 saturated heterocycles. The first-order valence-corrected chi connectivity index (χ1v) is 11.0. The zero-order valence-corrected chi connectivity index (χ0v) is 17.4. The molecule has 0 spiro atoms. The number of hydrogen-bond acceptors (Lipinski definition) is 2. The number of benzene rings is 3. The standard InChI is InChI=1S/C27H30NO2/c29-19-22-9-6-14-25(16-22)28-18-21-8-7-15-26(17-21)30-20-27(24-12-4-5-13-24)23-10-2-1-3-11-23/h1-3,6-11,14-17,24,27-28H,4-5,12-13,18-20H2. The highest BCUT2D eigenvalue weighted by Gasteiger charge is 2.26. The normalized spacial score (nSPS) is 15.1. The van der Waals surface area contributed by atoms with Gasteiger partial charge in [0.1, 0.15) is 12.4 Å². The van der Waals surface area contributed by atoms with Crippen LogP contribution in [0, 0.1) is 5.92 Å². The van der Waals surface area contributed by atoms with Crippen molar-refractivity contribution in [1.29, 1.82) is 0 Å². The molecule has 3 aromatic carbocycles. The van der Waals surface area contributed by atoms with Crippen molar-refractivity contribution in [1.82, 2.24) is 0 Å². The van der Waals surface area contributed by atoms with E-state index in [4.69, 9.17) is 4.74 Å². The topological polar surface area (TPSA) is 41.2 Å². The van der Waals surface area contributed by atoms with Gasteiger partial charge in [0.25, 0.3) is 0 Å². The van der Waals surface area contributed by atoms with Gasteiger partial charge in [-0.15, -0.1) is 0 Å². The number of nitrogens with one attached hydrogen (secondary N) is 1. The van der Waals surface area contributed by atoms with Gasteiger partial charge in [-0.25, -0.2) is 5.11 Å². The third-order valence-corrected chi connectivity index (χ3v) is 6.11. The van der Waals surface area contributed by atoms with Crippen LogP contribution in [0.4, 0.5) is 5.69 Å². The van der Waals surface area contributed by atoms with Crippen LogP contribution >= 0.6 is 0 Å². The van der Waals surface area contributed by atoms with Crippen molar-refractivity contribution >= 4 is 5.69 Å². The molecule has 4 rings (SSSR count). The summed E-state index contributed by atoms with van der Waals surface area (Å²) in [6.07, 6.45) is 5.27. The smallest absolute Gasteiger partial charge is 0.119 e. The lowest BCUT2D eigenvalue weighted by molar-refractivity contribution is 0.177. The molecule has 155 valence electrons. The van der Waals surface area contributed by atoms with E-state index in [1.165, 1.54) is 31.2 Å². The molecule has 1 unspecified atom stereocenters. The first kappa shape index (κ1) is 20.5. The highest BCUT2D eigenvalue weighted by atomic mass is 16.5. The molecule has 30 heavy (non-hydrogen) atoms. The van der Waals surface area contributed by atoms with Crippen molar-refractivity contribution in [2.24, 2.45) is 5.92 Å². The van der Waals surface area contributed by atoms with Gasteiger partial charge in [-0.3, -0.25) is 0 Å². The quantitative estimate of drug-likeness (QED) is 0.441. The average Bonchev–Trinajstić information content (AvgIpc) is 3.34. The summed E-state index contributed by atoms with van der Waals surface area (Å²) < 4.78 is 6.30. The van der Waals surface area contributed by atoms with E-state index in [1.807, 2.05) is 36.4 Å². The second-order valence-corrected chi connectivity index (χ2v) is 8.22. The van der Waals surface area contributed by atoms with Gasteiger partial charge in [-0.2, -0.15) is 0 Å². The van der Waals surface area contributed by atoms with Gasteiger partial charge in [0.05, 0.1) is 6.61 Å². The van der Waals surface area contributed by atoms with Gasteiger partial charge in [-0.1, -0.05) is 67.4 Å². The van der Waals surface area contributed by atoms with Crippen molar-refractivity contribution < 1.29 is 9.84 Å². The van der Waals surface area contributed by atoms with E-state index in [1.54, 1.807) is 0 Å². The van der Waals surface area contributed by atoms with Crippen molar-refractivity contribution in [2.45, 2.75) is 44.8 Å². The van der Waals surface area contributed by atoms with Crippen LogP contribution in [0.3, 0.4) is 0 Å². The molecule has 0 aliphatic heterocycles. The summed E-state index contributed by atoms with van der Waals surface area (Å²) in [6, 6.07) is 26.8. The molecule has 3 nitrogen and oxygen atoms in total.